The summed E-state index contributed by atoms with van der Waals surface area (Å²) in [5.74, 6) is -0.333. The highest BCUT2D eigenvalue weighted by molar-refractivity contribution is 4.51. The van der Waals surface area contributed by atoms with Crippen LogP contribution in [0, 0.1) is 5.92 Å². The van der Waals surface area contributed by atoms with Crippen molar-refractivity contribution in [1.82, 2.24) is 0 Å². The summed E-state index contributed by atoms with van der Waals surface area (Å²) in [4.78, 5) is 0. The van der Waals surface area contributed by atoms with Crippen LogP contribution in [0.1, 0.15) is 0 Å². The van der Waals surface area contributed by atoms with E-state index in [-0.39, 0.29) is 39.0 Å². The first-order valence-electron chi connectivity index (χ1n) is 8.05. The van der Waals surface area contributed by atoms with Gasteiger partial charge in [-0.25, -0.2) is 13.2 Å². The van der Waals surface area contributed by atoms with Crippen molar-refractivity contribution in [3.05, 3.63) is 0 Å². The maximum absolute atomic E-state index is 11.6. The molecule has 0 spiro atoms. The number of halogens is 4. The van der Waals surface area contributed by atoms with Crippen LogP contribution in [0.25, 0.3) is 0 Å². The molecule has 7 nitrogen and oxygen atoms in total. The van der Waals surface area contributed by atoms with E-state index in [1.54, 1.807) is 0 Å². The van der Waals surface area contributed by atoms with Crippen molar-refractivity contribution in [2.45, 2.75) is 12.2 Å². The Morgan fingerprint density at radius 1 is 0.741 bits per heavy atom. The van der Waals surface area contributed by atoms with Gasteiger partial charge in [-0.2, -0.15) is 0 Å². The number of rotatable bonds is 12. The predicted molar refractivity (Wildman–Crippen MR) is 94.0 cm³/mol. The lowest BCUT2D eigenvalue weighted by molar-refractivity contribution is 0.0320. The predicted octanol–water partition coefficient (Wildman–Crippen LogP) is 0.740. The van der Waals surface area contributed by atoms with Crippen LogP contribution >= 0.6 is 0 Å². The second-order valence-electron chi connectivity index (χ2n) is 4.80. The van der Waals surface area contributed by atoms with Crippen LogP contribution < -0.4 is 0 Å². The molecular weight excluding hydrogens is 380 g/mol. The molecule has 0 amide bonds. The summed E-state index contributed by atoms with van der Waals surface area (Å²) in [5, 5.41) is 24.9. The molecule has 0 saturated carbocycles. The van der Waals surface area contributed by atoms with E-state index >= 15 is 0 Å². The van der Waals surface area contributed by atoms with Gasteiger partial charge in [-0.1, -0.05) is 0 Å². The Morgan fingerprint density at radius 2 is 1.30 bits per heavy atom. The molecule has 0 radical (unpaired) electrons. The van der Waals surface area contributed by atoms with Crippen molar-refractivity contribution in [2.24, 2.45) is 5.92 Å². The molecule has 11 heteroatoms. The van der Waals surface area contributed by atoms with Crippen LogP contribution in [-0.4, -0.2) is 116 Å². The summed E-state index contributed by atoms with van der Waals surface area (Å²) in [7, 11) is 5.73. The molecule has 0 aliphatic rings. The molecule has 0 aliphatic carbocycles. The molecule has 0 fully saturated rings. The number of methoxy groups -OCH3 is 4. The topological polar surface area (TPSA) is 97.6 Å². The third kappa shape index (κ3) is 37.0. The lowest BCUT2D eigenvalue weighted by atomic mass is 10.2. The van der Waals surface area contributed by atoms with Crippen molar-refractivity contribution in [1.29, 1.82) is 0 Å². The number of alkyl halides is 4. The monoisotopic (exact) mass is 416 g/mol. The standard InChI is InChI=1S/C5H11FO2.2C4H9FO2.C3H7FO/c1-8-4-5(2-6)3-7;1-7-3-4(6)2-5;1-7-4(2-5)3-6;1-5-3-2-4/h5,7H,2-4H2,1H3;2*4,6H,2-3H2,1H3;2-3H2,1H3. The fraction of sp³-hybridized carbons (Fsp3) is 1.00. The molecule has 0 saturated heterocycles. The Bertz CT molecular complexity index is 217. The van der Waals surface area contributed by atoms with Gasteiger partial charge in [0, 0.05) is 34.4 Å². The van der Waals surface area contributed by atoms with Crippen molar-refractivity contribution < 1.29 is 51.8 Å². The first kappa shape index (κ1) is 34.0. The SMILES string of the molecule is COC(CO)CF.COCC(CO)CF.COCC(O)CF.COCCF. The van der Waals surface area contributed by atoms with Gasteiger partial charge in [0.05, 0.1) is 39.7 Å². The van der Waals surface area contributed by atoms with E-state index in [1.165, 1.54) is 28.4 Å². The lowest BCUT2D eigenvalue weighted by Gasteiger charge is -2.05. The van der Waals surface area contributed by atoms with Crippen LogP contribution in [-0.2, 0) is 18.9 Å². The van der Waals surface area contributed by atoms with Crippen molar-refractivity contribution >= 4 is 0 Å². The maximum Gasteiger partial charge on any atom is 0.118 e. The van der Waals surface area contributed by atoms with E-state index < -0.39 is 32.2 Å². The van der Waals surface area contributed by atoms with Gasteiger partial charge in [-0.3, -0.25) is 4.39 Å². The molecule has 0 aliphatic heterocycles. The Hall–Kier alpha value is -0.560. The number of aliphatic hydroxyl groups is 3. The Labute approximate surface area is 159 Å². The Morgan fingerprint density at radius 3 is 1.37 bits per heavy atom. The summed E-state index contributed by atoms with van der Waals surface area (Å²) in [5.41, 5.74) is 0. The number of hydrogen-bond acceptors (Lipinski definition) is 7. The quantitative estimate of drug-likeness (QED) is 0.404. The van der Waals surface area contributed by atoms with Gasteiger partial charge in [0.2, 0.25) is 0 Å². The molecule has 0 aromatic carbocycles. The average Bonchev–Trinajstić information content (AvgIpc) is 2.69. The minimum absolute atomic E-state index is 0.0799. The third-order valence-corrected chi connectivity index (χ3v) is 2.41. The highest BCUT2D eigenvalue weighted by Gasteiger charge is 2.04. The Balaban J connectivity index is -0.000000132. The van der Waals surface area contributed by atoms with Crippen molar-refractivity contribution in [3.63, 3.8) is 0 Å². The smallest absolute Gasteiger partial charge is 0.118 e. The van der Waals surface area contributed by atoms with Crippen LogP contribution in [0.2, 0.25) is 0 Å². The molecule has 0 aromatic heterocycles. The van der Waals surface area contributed by atoms with E-state index in [2.05, 4.69) is 18.9 Å². The number of aliphatic hydroxyl groups excluding tert-OH is 3. The normalized spacial score (nSPS) is 13.0. The highest BCUT2D eigenvalue weighted by Crippen LogP contribution is 1.94. The first-order valence-corrected chi connectivity index (χ1v) is 8.05. The maximum atomic E-state index is 11.6. The third-order valence-electron chi connectivity index (χ3n) is 2.41. The minimum atomic E-state index is -0.940. The average molecular weight is 416 g/mol. The number of ether oxygens (including phenoxy) is 4. The molecule has 0 bridgehead atoms. The van der Waals surface area contributed by atoms with Crippen LogP contribution in [0.3, 0.4) is 0 Å². The van der Waals surface area contributed by atoms with Gasteiger partial charge in [-0.15, -0.1) is 0 Å². The fourth-order valence-electron chi connectivity index (χ4n) is 0.882. The van der Waals surface area contributed by atoms with Gasteiger partial charge in [0.1, 0.15) is 32.2 Å². The summed E-state index contributed by atoms with van der Waals surface area (Å²) < 4.78 is 62.8. The highest BCUT2D eigenvalue weighted by atomic mass is 19.1. The first-order chi connectivity index (χ1) is 12.9. The lowest BCUT2D eigenvalue weighted by Crippen LogP contribution is -2.17. The minimum Gasteiger partial charge on any atom is -0.396 e. The summed E-state index contributed by atoms with van der Waals surface area (Å²) >= 11 is 0. The molecule has 27 heavy (non-hydrogen) atoms. The molecule has 3 unspecified atom stereocenters. The van der Waals surface area contributed by atoms with Gasteiger partial charge >= 0.3 is 0 Å². The van der Waals surface area contributed by atoms with E-state index in [4.69, 9.17) is 15.3 Å². The molecule has 0 aromatic rings. The zero-order valence-corrected chi connectivity index (χ0v) is 16.6. The second kappa shape index (κ2) is 33.1. The van der Waals surface area contributed by atoms with E-state index in [0.717, 1.165) is 0 Å². The van der Waals surface area contributed by atoms with Crippen LogP contribution in [0.5, 0.6) is 0 Å². The molecule has 170 valence electrons. The molecule has 0 heterocycles. The zero-order chi connectivity index (χ0) is 21.9. The van der Waals surface area contributed by atoms with E-state index in [0.29, 0.717) is 6.61 Å². The van der Waals surface area contributed by atoms with Gasteiger partial charge < -0.3 is 34.3 Å². The van der Waals surface area contributed by atoms with Crippen LogP contribution in [0.15, 0.2) is 0 Å². The summed E-state index contributed by atoms with van der Waals surface area (Å²) in [6.45, 7) is -2.01. The number of hydrogen-bond donors (Lipinski definition) is 3. The van der Waals surface area contributed by atoms with Crippen LogP contribution in [0.4, 0.5) is 17.6 Å². The fourth-order valence-corrected chi connectivity index (χ4v) is 0.882. The second-order valence-corrected chi connectivity index (χ2v) is 4.80. The van der Waals surface area contributed by atoms with Crippen molar-refractivity contribution in [2.75, 3.05) is 88.2 Å². The Kier molecular flexibility index (Phi) is 41.6. The van der Waals surface area contributed by atoms with E-state index in [9.17, 15) is 17.6 Å². The van der Waals surface area contributed by atoms with Gasteiger partial charge in [-0.05, 0) is 0 Å². The van der Waals surface area contributed by atoms with E-state index in [1.807, 2.05) is 0 Å². The molecular formula is C16H36F4O7. The van der Waals surface area contributed by atoms with Crippen molar-refractivity contribution in [3.8, 4) is 0 Å². The zero-order valence-electron chi connectivity index (χ0n) is 16.6. The molecule has 0 rings (SSSR count). The summed E-state index contributed by atoms with van der Waals surface area (Å²) in [6.07, 6.45) is -1.56. The molecule has 3 atom stereocenters. The largest absolute Gasteiger partial charge is 0.396 e. The molecule has 3 N–H and O–H groups in total. The van der Waals surface area contributed by atoms with Gasteiger partial charge in [0.15, 0.2) is 0 Å². The summed E-state index contributed by atoms with van der Waals surface area (Å²) in [6, 6.07) is 0. The van der Waals surface area contributed by atoms with Gasteiger partial charge in [0.25, 0.3) is 0 Å².